The minimum absolute atomic E-state index is 0.0365. The van der Waals surface area contributed by atoms with Gasteiger partial charge in [-0.1, -0.05) is 6.92 Å². The molecule has 0 amide bonds. The van der Waals surface area contributed by atoms with E-state index in [4.69, 9.17) is 10.00 Å². The van der Waals surface area contributed by atoms with E-state index in [1.165, 1.54) is 0 Å². The van der Waals surface area contributed by atoms with Crippen LogP contribution >= 0.6 is 0 Å². The molecule has 1 rings (SSSR count). The van der Waals surface area contributed by atoms with E-state index in [0.717, 1.165) is 12.8 Å². The quantitative estimate of drug-likeness (QED) is 0.743. The molecule has 1 heterocycles. The van der Waals surface area contributed by atoms with Crippen LogP contribution in [0.3, 0.4) is 0 Å². The van der Waals surface area contributed by atoms with Crippen molar-refractivity contribution in [1.29, 1.82) is 5.26 Å². The molecule has 1 fully saturated rings. The molecule has 0 saturated carbocycles. The molecule has 0 aliphatic carbocycles. The van der Waals surface area contributed by atoms with Crippen LogP contribution in [0, 0.1) is 11.3 Å². The van der Waals surface area contributed by atoms with Crippen LogP contribution in [0.4, 0.5) is 0 Å². The molecule has 1 saturated heterocycles. The maximum Gasteiger partial charge on any atom is 0.215 e. The maximum atomic E-state index is 11.6. The van der Waals surface area contributed by atoms with Crippen molar-refractivity contribution >= 4 is 10.0 Å². The van der Waals surface area contributed by atoms with Crippen LogP contribution in [0.5, 0.6) is 0 Å². The zero-order valence-electron chi connectivity index (χ0n) is 8.77. The maximum absolute atomic E-state index is 11.6. The van der Waals surface area contributed by atoms with E-state index in [1.54, 1.807) is 6.92 Å². The molecule has 15 heavy (non-hydrogen) atoms. The SMILES string of the molecule is CCC(C#N)NS(=O)(=O)CC1CCCO1. The van der Waals surface area contributed by atoms with E-state index < -0.39 is 16.1 Å². The van der Waals surface area contributed by atoms with Gasteiger partial charge in [-0.3, -0.25) is 0 Å². The minimum Gasteiger partial charge on any atom is -0.377 e. The van der Waals surface area contributed by atoms with Crippen LogP contribution < -0.4 is 4.72 Å². The Hall–Kier alpha value is -0.640. The molecule has 1 aliphatic heterocycles. The first-order chi connectivity index (χ1) is 7.07. The lowest BCUT2D eigenvalue weighted by atomic mass is 10.3. The average molecular weight is 232 g/mol. The summed E-state index contributed by atoms with van der Waals surface area (Å²) in [5.74, 6) is -0.0365. The lowest BCUT2D eigenvalue weighted by molar-refractivity contribution is 0.127. The summed E-state index contributed by atoms with van der Waals surface area (Å²) < 4.78 is 30.7. The minimum atomic E-state index is -3.39. The summed E-state index contributed by atoms with van der Waals surface area (Å²) in [6.07, 6.45) is 1.96. The summed E-state index contributed by atoms with van der Waals surface area (Å²) in [7, 11) is -3.39. The van der Waals surface area contributed by atoms with E-state index in [2.05, 4.69) is 4.72 Å². The summed E-state index contributed by atoms with van der Waals surface area (Å²) >= 11 is 0. The third kappa shape index (κ3) is 4.16. The van der Waals surface area contributed by atoms with Crippen LogP contribution in [0.2, 0.25) is 0 Å². The second-order valence-corrected chi connectivity index (χ2v) is 5.42. The lowest BCUT2D eigenvalue weighted by Gasteiger charge is -2.13. The summed E-state index contributed by atoms with van der Waals surface area (Å²) in [5, 5.41) is 8.64. The Morgan fingerprint density at radius 2 is 2.40 bits per heavy atom. The van der Waals surface area contributed by atoms with Crippen LogP contribution in [-0.2, 0) is 14.8 Å². The standard InChI is InChI=1S/C9H16N2O3S/c1-2-8(6-10)11-15(12,13)7-9-4-3-5-14-9/h8-9,11H,2-5,7H2,1H3. The Labute approximate surface area is 90.5 Å². The number of nitrogens with zero attached hydrogens (tertiary/aromatic N) is 1. The Kier molecular flexibility index (Phi) is 4.51. The Morgan fingerprint density at radius 3 is 2.87 bits per heavy atom. The highest BCUT2D eigenvalue weighted by Gasteiger charge is 2.24. The predicted molar refractivity (Wildman–Crippen MR) is 55.6 cm³/mol. The molecule has 0 aromatic rings. The fourth-order valence-corrected chi connectivity index (χ4v) is 2.99. The van der Waals surface area contributed by atoms with E-state index in [0.29, 0.717) is 13.0 Å². The molecule has 1 aliphatic rings. The Bertz CT molecular complexity index is 328. The first-order valence-corrected chi connectivity index (χ1v) is 6.74. The second-order valence-electron chi connectivity index (χ2n) is 3.62. The van der Waals surface area contributed by atoms with Crippen LogP contribution in [-0.4, -0.2) is 32.9 Å². The monoisotopic (exact) mass is 232 g/mol. The van der Waals surface area contributed by atoms with Gasteiger partial charge in [-0.15, -0.1) is 0 Å². The third-order valence-electron chi connectivity index (χ3n) is 2.32. The summed E-state index contributed by atoms with van der Waals surface area (Å²) in [5.41, 5.74) is 0. The molecule has 2 unspecified atom stereocenters. The highest BCUT2D eigenvalue weighted by Crippen LogP contribution is 2.13. The molecule has 86 valence electrons. The molecule has 0 aromatic carbocycles. The highest BCUT2D eigenvalue weighted by molar-refractivity contribution is 7.89. The van der Waals surface area contributed by atoms with Crippen LogP contribution in [0.25, 0.3) is 0 Å². The number of nitrogens with one attached hydrogen (secondary N) is 1. The van der Waals surface area contributed by atoms with Gasteiger partial charge >= 0.3 is 0 Å². The van der Waals surface area contributed by atoms with Crippen molar-refractivity contribution in [3.05, 3.63) is 0 Å². The van der Waals surface area contributed by atoms with Gasteiger partial charge in [0, 0.05) is 6.61 Å². The van der Waals surface area contributed by atoms with E-state index in [-0.39, 0.29) is 11.9 Å². The molecular formula is C9H16N2O3S. The highest BCUT2D eigenvalue weighted by atomic mass is 32.2. The van der Waals surface area contributed by atoms with Crippen molar-refractivity contribution in [2.75, 3.05) is 12.4 Å². The molecule has 5 nitrogen and oxygen atoms in total. The van der Waals surface area contributed by atoms with Crippen LogP contribution in [0.15, 0.2) is 0 Å². The number of ether oxygens (including phenoxy) is 1. The van der Waals surface area contributed by atoms with Gasteiger partial charge in [-0.2, -0.15) is 9.98 Å². The Morgan fingerprint density at radius 1 is 1.67 bits per heavy atom. The molecule has 0 radical (unpaired) electrons. The summed E-state index contributed by atoms with van der Waals surface area (Å²) in [4.78, 5) is 0. The second kappa shape index (κ2) is 5.45. The average Bonchev–Trinajstić information content (AvgIpc) is 2.66. The van der Waals surface area contributed by atoms with Crippen molar-refractivity contribution < 1.29 is 13.2 Å². The number of hydrogen-bond acceptors (Lipinski definition) is 4. The zero-order valence-corrected chi connectivity index (χ0v) is 9.59. The fourth-order valence-electron chi connectivity index (χ4n) is 1.49. The Balaban J connectivity index is 2.48. The van der Waals surface area contributed by atoms with Gasteiger partial charge in [0.1, 0.15) is 6.04 Å². The van der Waals surface area contributed by atoms with Gasteiger partial charge in [-0.25, -0.2) is 8.42 Å². The van der Waals surface area contributed by atoms with Crippen molar-refractivity contribution in [2.45, 2.75) is 38.3 Å². The largest absolute Gasteiger partial charge is 0.377 e. The molecule has 0 aromatic heterocycles. The van der Waals surface area contributed by atoms with Crippen molar-refractivity contribution in [3.8, 4) is 6.07 Å². The van der Waals surface area contributed by atoms with E-state index in [1.807, 2.05) is 6.07 Å². The van der Waals surface area contributed by atoms with Crippen molar-refractivity contribution in [1.82, 2.24) is 4.72 Å². The number of sulfonamides is 1. The van der Waals surface area contributed by atoms with Crippen molar-refractivity contribution in [3.63, 3.8) is 0 Å². The van der Waals surface area contributed by atoms with E-state index in [9.17, 15) is 8.42 Å². The normalized spacial score (nSPS) is 23.6. The first kappa shape index (κ1) is 12.4. The fraction of sp³-hybridized carbons (Fsp3) is 0.889. The van der Waals surface area contributed by atoms with E-state index >= 15 is 0 Å². The van der Waals surface area contributed by atoms with Gasteiger partial charge in [0.2, 0.25) is 10.0 Å². The topological polar surface area (TPSA) is 79.2 Å². The van der Waals surface area contributed by atoms with Gasteiger partial charge < -0.3 is 4.74 Å². The molecule has 0 bridgehead atoms. The molecule has 2 atom stereocenters. The summed E-state index contributed by atoms with van der Waals surface area (Å²) in [6.45, 7) is 2.40. The van der Waals surface area contributed by atoms with Crippen LogP contribution in [0.1, 0.15) is 26.2 Å². The van der Waals surface area contributed by atoms with Gasteiger partial charge in [0.15, 0.2) is 0 Å². The summed E-state index contributed by atoms with van der Waals surface area (Å²) in [6, 6.07) is 1.27. The van der Waals surface area contributed by atoms with Gasteiger partial charge in [-0.05, 0) is 19.3 Å². The molecule has 0 spiro atoms. The molecule has 6 heteroatoms. The number of rotatable bonds is 5. The number of nitriles is 1. The first-order valence-electron chi connectivity index (χ1n) is 5.08. The third-order valence-corrected chi connectivity index (χ3v) is 3.77. The smallest absolute Gasteiger partial charge is 0.215 e. The predicted octanol–water partition coefficient (Wildman–Crippen LogP) is 0.387. The zero-order chi connectivity index (χ0) is 11.3. The van der Waals surface area contributed by atoms with Gasteiger partial charge in [0.25, 0.3) is 0 Å². The lowest BCUT2D eigenvalue weighted by Crippen LogP contribution is -2.38. The molecular weight excluding hydrogens is 216 g/mol. The van der Waals surface area contributed by atoms with Crippen molar-refractivity contribution in [2.24, 2.45) is 0 Å². The van der Waals surface area contributed by atoms with Gasteiger partial charge in [0.05, 0.1) is 17.9 Å². The number of hydrogen-bond donors (Lipinski definition) is 1. The molecule has 1 N–H and O–H groups in total.